The summed E-state index contributed by atoms with van der Waals surface area (Å²) in [7, 11) is 0. The van der Waals surface area contributed by atoms with E-state index >= 15 is 0 Å². The summed E-state index contributed by atoms with van der Waals surface area (Å²) in [5, 5.41) is 13.4. The van der Waals surface area contributed by atoms with Gasteiger partial charge in [0.1, 0.15) is 11.4 Å². The highest BCUT2D eigenvalue weighted by Gasteiger charge is 2.39. The van der Waals surface area contributed by atoms with Crippen LogP contribution in [0, 0.1) is 0 Å². The molecule has 1 unspecified atom stereocenters. The van der Waals surface area contributed by atoms with Crippen molar-refractivity contribution in [2.75, 3.05) is 0 Å². The van der Waals surface area contributed by atoms with Gasteiger partial charge in [0.25, 0.3) is 0 Å². The molecule has 0 radical (unpaired) electrons. The molecule has 3 heteroatoms. The molecule has 1 atom stereocenters. The number of hydrogen-bond acceptors (Lipinski definition) is 3. The van der Waals surface area contributed by atoms with Crippen LogP contribution in [-0.2, 0) is 12.0 Å². The maximum Gasteiger partial charge on any atom is 0.120 e. The summed E-state index contributed by atoms with van der Waals surface area (Å²) in [5.74, 6) is 0.895. The molecule has 1 aliphatic carbocycles. The topological polar surface area (TPSA) is 46.3 Å². The van der Waals surface area contributed by atoms with E-state index in [9.17, 15) is 5.11 Å². The van der Waals surface area contributed by atoms with Gasteiger partial charge in [-0.15, -0.1) is 0 Å². The summed E-state index contributed by atoms with van der Waals surface area (Å²) in [5.41, 5.74) is 0.772. The van der Waals surface area contributed by atoms with Gasteiger partial charge in [-0.2, -0.15) is 0 Å². The highest BCUT2D eigenvalue weighted by molar-refractivity contribution is 5.86. The summed E-state index contributed by atoms with van der Waals surface area (Å²) in [4.78, 5) is 4.30. The fourth-order valence-corrected chi connectivity index (χ4v) is 3.27. The van der Waals surface area contributed by atoms with Crippen molar-refractivity contribution in [3.05, 3.63) is 65.9 Å². The minimum Gasteiger partial charge on any atom is -0.469 e. The van der Waals surface area contributed by atoms with Crippen molar-refractivity contribution in [3.63, 3.8) is 0 Å². The molecule has 20 heavy (non-hydrogen) atoms. The molecule has 1 aromatic carbocycles. The molecule has 0 spiro atoms. The standard InChI is InChI=1S/C17H15NO2/c19-17(8-3-6-16-14(17)7-9-20-16)15-11-18-10-12-4-1-2-5-13(12)15/h1-2,4-5,7,9-11,19H,3,6,8H2. The van der Waals surface area contributed by atoms with Crippen LogP contribution in [0.2, 0.25) is 0 Å². The molecular formula is C17H15NO2. The van der Waals surface area contributed by atoms with Crippen LogP contribution in [0.1, 0.15) is 29.7 Å². The first-order chi connectivity index (χ1) is 9.79. The predicted octanol–water partition coefficient (Wildman–Crippen LogP) is 3.40. The number of benzene rings is 1. The van der Waals surface area contributed by atoms with Gasteiger partial charge in [0.05, 0.1) is 6.26 Å². The first kappa shape index (κ1) is 11.7. The number of aromatic nitrogens is 1. The Morgan fingerprint density at radius 1 is 1.10 bits per heavy atom. The van der Waals surface area contributed by atoms with Crippen LogP contribution in [0.25, 0.3) is 10.8 Å². The lowest BCUT2D eigenvalue weighted by molar-refractivity contribution is 0.0601. The van der Waals surface area contributed by atoms with Gasteiger partial charge >= 0.3 is 0 Å². The third-order valence-electron chi connectivity index (χ3n) is 4.25. The smallest absolute Gasteiger partial charge is 0.120 e. The molecule has 0 bridgehead atoms. The van der Waals surface area contributed by atoms with Gasteiger partial charge in [-0.1, -0.05) is 24.3 Å². The van der Waals surface area contributed by atoms with Crippen LogP contribution in [0.15, 0.2) is 53.4 Å². The molecule has 2 heterocycles. The number of pyridine rings is 1. The SMILES string of the molecule is OC1(c2cncc3ccccc23)CCCc2occc21. The maximum atomic E-state index is 11.3. The number of rotatable bonds is 1. The van der Waals surface area contributed by atoms with Gasteiger partial charge in [0.15, 0.2) is 0 Å². The van der Waals surface area contributed by atoms with Crippen LogP contribution in [-0.4, -0.2) is 10.1 Å². The van der Waals surface area contributed by atoms with Gasteiger partial charge in [0, 0.05) is 35.3 Å². The molecule has 0 aliphatic heterocycles. The predicted molar refractivity (Wildman–Crippen MR) is 76.4 cm³/mol. The largest absolute Gasteiger partial charge is 0.469 e. The molecule has 2 aromatic heterocycles. The maximum absolute atomic E-state index is 11.3. The summed E-state index contributed by atoms with van der Waals surface area (Å²) in [6.07, 6.45) is 7.80. The van der Waals surface area contributed by atoms with Crippen molar-refractivity contribution in [3.8, 4) is 0 Å². The Morgan fingerprint density at radius 3 is 2.95 bits per heavy atom. The minimum absolute atomic E-state index is 0.704. The second-order valence-corrected chi connectivity index (χ2v) is 5.38. The average molecular weight is 265 g/mol. The molecule has 3 aromatic rings. The van der Waals surface area contributed by atoms with E-state index in [1.165, 1.54) is 0 Å². The number of nitrogens with zero attached hydrogens (tertiary/aromatic N) is 1. The zero-order valence-electron chi connectivity index (χ0n) is 11.0. The van der Waals surface area contributed by atoms with Gasteiger partial charge in [-0.3, -0.25) is 4.98 Å². The number of aryl methyl sites for hydroxylation is 1. The van der Waals surface area contributed by atoms with E-state index in [0.717, 1.165) is 40.5 Å². The summed E-state index contributed by atoms with van der Waals surface area (Å²) in [6.45, 7) is 0. The van der Waals surface area contributed by atoms with Crippen LogP contribution in [0.3, 0.4) is 0 Å². The van der Waals surface area contributed by atoms with E-state index in [0.29, 0.717) is 6.42 Å². The summed E-state index contributed by atoms with van der Waals surface area (Å²) < 4.78 is 5.50. The van der Waals surface area contributed by atoms with Crippen molar-refractivity contribution in [1.82, 2.24) is 4.98 Å². The van der Waals surface area contributed by atoms with Gasteiger partial charge < -0.3 is 9.52 Å². The van der Waals surface area contributed by atoms with Gasteiger partial charge in [0.2, 0.25) is 0 Å². The first-order valence-electron chi connectivity index (χ1n) is 6.91. The monoisotopic (exact) mass is 265 g/mol. The second-order valence-electron chi connectivity index (χ2n) is 5.38. The van der Waals surface area contributed by atoms with Crippen molar-refractivity contribution in [2.45, 2.75) is 24.9 Å². The Balaban J connectivity index is 2.01. The van der Waals surface area contributed by atoms with Gasteiger partial charge in [-0.25, -0.2) is 0 Å². The zero-order valence-corrected chi connectivity index (χ0v) is 11.0. The molecule has 0 saturated carbocycles. The van der Waals surface area contributed by atoms with E-state index < -0.39 is 5.60 Å². The normalized spacial score (nSPS) is 21.9. The van der Waals surface area contributed by atoms with E-state index in [-0.39, 0.29) is 0 Å². The van der Waals surface area contributed by atoms with Crippen molar-refractivity contribution in [2.24, 2.45) is 0 Å². The third kappa shape index (κ3) is 1.53. The Kier molecular flexibility index (Phi) is 2.44. The number of aliphatic hydroxyl groups is 1. The molecule has 3 nitrogen and oxygen atoms in total. The van der Waals surface area contributed by atoms with E-state index in [1.807, 2.05) is 36.5 Å². The highest BCUT2D eigenvalue weighted by atomic mass is 16.3. The van der Waals surface area contributed by atoms with Crippen LogP contribution in [0.5, 0.6) is 0 Å². The quantitative estimate of drug-likeness (QED) is 0.733. The molecule has 1 N–H and O–H groups in total. The minimum atomic E-state index is -0.992. The lowest BCUT2D eigenvalue weighted by Crippen LogP contribution is -2.31. The Bertz CT molecular complexity index is 772. The number of furan rings is 1. The lowest BCUT2D eigenvalue weighted by atomic mass is 9.77. The fraction of sp³-hybridized carbons (Fsp3) is 0.235. The summed E-state index contributed by atoms with van der Waals surface area (Å²) in [6, 6.07) is 9.93. The summed E-state index contributed by atoms with van der Waals surface area (Å²) >= 11 is 0. The van der Waals surface area contributed by atoms with E-state index in [1.54, 1.807) is 12.5 Å². The Hall–Kier alpha value is -2.13. The average Bonchev–Trinajstić information content (AvgIpc) is 2.97. The fourth-order valence-electron chi connectivity index (χ4n) is 3.27. The Labute approximate surface area is 116 Å². The van der Waals surface area contributed by atoms with E-state index in [2.05, 4.69) is 4.98 Å². The molecule has 0 fully saturated rings. The molecule has 1 aliphatic rings. The highest BCUT2D eigenvalue weighted by Crippen LogP contribution is 2.43. The van der Waals surface area contributed by atoms with Crippen molar-refractivity contribution in [1.29, 1.82) is 0 Å². The van der Waals surface area contributed by atoms with Crippen molar-refractivity contribution >= 4 is 10.8 Å². The van der Waals surface area contributed by atoms with Crippen LogP contribution >= 0.6 is 0 Å². The first-order valence-corrected chi connectivity index (χ1v) is 6.91. The van der Waals surface area contributed by atoms with Crippen LogP contribution in [0.4, 0.5) is 0 Å². The van der Waals surface area contributed by atoms with Gasteiger partial charge in [-0.05, 0) is 24.3 Å². The molecule has 4 rings (SSSR count). The number of hydrogen-bond donors (Lipinski definition) is 1. The third-order valence-corrected chi connectivity index (χ3v) is 4.25. The van der Waals surface area contributed by atoms with Crippen LogP contribution < -0.4 is 0 Å². The molecular weight excluding hydrogens is 250 g/mol. The Morgan fingerprint density at radius 2 is 2.00 bits per heavy atom. The number of fused-ring (bicyclic) bond motifs is 2. The van der Waals surface area contributed by atoms with E-state index in [4.69, 9.17) is 4.42 Å². The zero-order chi connectivity index (χ0) is 13.6. The molecule has 0 amide bonds. The van der Waals surface area contributed by atoms with Crippen molar-refractivity contribution < 1.29 is 9.52 Å². The molecule has 0 saturated heterocycles. The molecule has 100 valence electrons. The second kappa shape index (κ2) is 4.18. The lowest BCUT2D eigenvalue weighted by Gasteiger charge is -2.32.